The van der Waals surface area contributed by atoms with Crippen molar-refractivity contribution in [2.45, 2.75) is 38.2 Å². The molecule has 0 aromatic heterocycles. The number of methoxy groups -OCH3 is 2. The average molecular weight is 236 g/mol. The van der Waals surface area contributed by atoms with Crippen LogP contribution >= 0.6 is 0 Å². The molecule has 0 bridgehead atoms. The van der Waals surface area contributed by atoms with E-state index < -0.39 is 6.10 Å². The number of aliphatic hydroxyl groups is 1. The van der Waals surface area contributed by atoms with Gasteiger partial charge in [-0.3, -0.25) is 0 Å². The van der Waals surface area contributed by atoms with Crippen LogP contribution in [0.15, 0.2) is 12.1 Å². The van der Waals surface area contributed by atoms with Crippen LogP contribution in [-0.4, -0.2) is 19.3 Å². The maximum atomic E-state index is 10.1. The molecule has 0 spiro atoms. The zero-order valence-electron chi connectivity index (χ0n) is 10.9. The van der Waals surface area contributed by atoms with E-state index in [1.54, 1.807) is 14.2 Å². The molecule has 0 aliphatic heterocycles. The molecule has 1 aromatic carbocycles. The van der Waals surface area contributed by atoms with E-state index in [1.165, 1.54) is 0 Å². The SMILES string of the molecule is COc1cc2c(cc1OC)C(C)(C)CCC2O. The van der Waals surface area contributed by atoms with Gasteiger partial charge in [0.2, 0.25) is 0 Å². The third-order valence-corrected chi connectivity index (χ3v) is 3.69. The number of hydrogen-bond donors (Lipinski definition) is 1. The van der Waals surface area contributed by atoms with Gasteiger partial charge in [-0.1, -0.05) is 13.8 Å². The minimum atomic E-state index is -0.391. The van der Waals surface area contributed by atoms with Gasteiger partial charge in [0, 0.05) is 0 Å². The van der Waals surface area contributed by atoms with Gasteiger partial charge in [0.25, 0.3) is 0 Å². The van der Waals surface area contributed by atoms with Crippen LogP contribution in [0, 0.1) is 0 Å². The molecule has 0 amide bonds. The molecule has 1 unspecified atom stereocenters. The number of fused-ring (bicyclic) bond motifs is 1. The average Bonchev–Trinajstić information content (AvgIpc) is 2.33. The van der Waals surface area contributed by atoms with Crippen molar-refractivity contribution in [3.8, 4) is 11.5 Å². The van der Waals surface area contributed by atoms with Crippen molar-refractivity contribution in [3.63, 3.8) is 0 Å². The Bertz CT molecular complexity index is 424. The van der Waals surface area contributed by atoms with E-state index in [0.29, 0.717) is 5.75 Å². The van der Waals surface area contributed by atoms with E-state index in [2.05, 4.69) is 13.8 Å². The fraction of sp³-hybridized carbons (Fsp3) is 0.571. The minimum absolute atomic E-state index is 0.0775. The van der Waals surface area contributed by atoms with Crippen LogP contribution in [0.4, 0.5) is 0 Å². The molecular weight excluding hydrogens is 216 g/mol. The van der Waals surface area contributed by atoms with E-state index >= 15 is 0 Å². The first-order chi connectivity index (χ1) is 7.99. The number of rotatable bonds is 2. The second kappa shape index (κ2) is 4.22. The molecule has 1 aromatic rings. The van der Waals surface area contributed by atoms with E-state index in [9.17, 15) is 5.11 Å². The van der Waals surface area contributed by atoms with Gasteiger partial charge >= 0.3 is 0 Å². The lowest BCUT2D eigenvalue weighted by Crippen LogP contribution is -2.26. The molecule has 3 heteroatoms. The van der Waals surface area contributed by atoms with Crippen molar-refractivity contribution in [2.24, 2.45) is 0 Å². The van der Waals surface area contributed by atoms with Gasteiger partial charge in [-0.05, 0) is 41.5 Å². The maximum absolute atomic E-state index is 10.1. The lowest BCUT2D eigenvalue weighted by molar-refractivity contribution is 0.139. The monoisotopic (exact) mass is 236 g/mol. The Balaban J connectivity index is 2.61. The molecule has 0 saturated carbocycles. The second-order valence-electron chi connectivity index (χ2n) is 5.23. The first-order valence-corrected chi connectivity index (χ1v) is 5.94. The van der Waals surface area contributed by atoms with Gasteiger partial charge in [0.15, 0.2) is 11.5 Å². The third-order valence-electron chi connectivity index (χ3n) is 3.69. The van der Waals surface area contributed by atoms with E-state index in [1.807, 2.05) is 12.1 Å². The van der Waals surface area contributed by atoms with Crippen LogP contribution in [0.5, 0.6) is 11.5 Å². The molecule has 17 heavy (non-hydrogen) atoms. The van der Waals surface area contributed by atoms with E-state index in [4.69, 9.17) is 9.47 Å². The van der Waals surface area contributed by atoms with Crippen molar-refractivity contribution in [3.05, 3.63) is 23.3 Å². The van der Waals surface area contributed by atoms with Crippen LogP contribution in [0.25, 0.3) is 0 Å². The molecule has 0 saturated heterocycles. The molecule has 0 radical (unpaired) electrons. The highest BCUT2D eigenvalue weighted by Gasteiger charge is 2.33. The van der Waals surface area contributed by atoms with Gasteiger partial charge in [-0.25, -0.2) is 0 Å². The zero-order chi connectivity index (χ0) is 12.6. The van der Waals surface area contributed by atoms with E-state index in [0.717, 1.165) is 29.7 Å². The predicted molar refractivity (Wildman–Crippen MR) is 66.8 cm³/mol. The number of ether oxygens (including phenoxy) is 2. The molecule has 1 aliphatic rings. The van der Waals surface area contributed by atoms with Gasteiger partial charge in [0.1, 0.15) is 0 Å². The normalized spacial score (nSPS) is 21.8. The highest BCUT2D eigenvalue weighted by molar-refractivity contribution is 5.51. The van der Waals surface area contributed by atoms with Crippen LogP contribution in [0.3, 0.4) is 0 Å². The molecule has 0 fully saturated rings. The quantitative estimate of drug-likeness (QED) is 0.858. The summed E-state index contributed by atoms with van der Waals surface area (Å²) in [6.07, 6.45) is 1.39. The van der Waals surface area contributed by atoms with E-state index in [-0.39, 0.29) is 5.41 Å². The number of benzene rings is 1. The fourth-order valence-electron chi connectivity index (χ4n) is 2.54. The van der Waals surface area contributed by atoms with Crippen molar-refractivity contribution in [1.29, 1.82) is 0 Å². The summed E-state index contributed by atoms with van der Waals surface area (Å²) in [4.78, 5) is 0. The molecule has 94 valence electrons. The fourth-order valence-corrected chi connectivity index (χ4v) is 2.54. The van der Waals surface area contributed by atoms with Crippen molar-refractivity contribution < 1.29 is 14.6 Å². The van der Waals surface area contributed by atoms with Crippen LogP contribution in [-0.2, 0) is 5.41 Å². The number of hydrogen-bond acceptors (Lipinski definition) is 3. The van der Waals surface area contributed by atoms with Gasteiger partial charge in [0.05, 0.1) is 20.3 Å². The molecule has 1 atom stereocenters. The lowest BCUT2D eigenvalue weighted by atomic mass is 9.71. The molecule has 3 nitrogen and oxygen atoms in total. The summed E-state index contributed by atoms with van der Waals surface area (Å²) >= 11 is 0. The van der Waals surface area contributed by atoms with Crippen molar-refractivity contribution in [1.82, 2.24) is 0 Å². The van der Waals surface area contributed by atoms with Crippen molar-refractivity contribution in [2.75, 3.05) is 14.2 Å². The first kappa shape index (κ1) is 12.2. The highest BCUT2D eigenvalue weighted by Crippen LogP contribution is 2.45. The predicted octanol–water partition coefficient (Wildman–Crippen LogP) is 2.81. The summed E-state index contributed by atoms with van der Waals surface area (Å²) in [5, 5.41) is 10.1. The Kier molecular flexibility index (Phi) is 3.04. The smallest absolute Gasteiger partial charge is 0.161 e. The summed E-state index contributed by atoms with van der Waals surface area (Å²) < 4.78 is 10.6. The maximum Gasteiger partial charge on any atom is 0.161 e. The Hall–Kier alpha value is -1.22. The Morgan fingerprint density at radius 2 is 1.76 bits per heavy atom. The Morgan fingerprint density at radius 3 is 2.35 bits per heavy atom. The van der Waals surface area contributed by atoms with Crippen LogP contribution in [0.2, 0.25) is 0 Å². The van der Waals surface area contributed by atoms with Gasteiger partial charge in [-0.2, -0.15) is 0 Å². The molecule has 1 aliphatic carbocycles. The first-order valence-electron chi connectivity index (χ1n) is 5.94. The summed E-state index contributed by atoms with van der Waals surface area (Å²) in [5.41, 5.74) is 2.21. The minimum Gasteiger partial charge on any atom is -0.493 e. The van der Waals surface area contributed by atoms with Crippen molar-refractivity contribution >= 4 is 0 Å². The topological polar surface area (TPSA) is 38.7 Å². The van der Waals surface area contributed by atoms with Gasteiger partial charge < -0.3 is 14.6 Å². The molecule has 0 heterocycles. The molecule has 2 rings (SSSR count). The van der Waals surface area contributed by atoms with Crippen LogP contribution in [0.1, 0.15) is 43.9 Å². The summed E-state index contributed by atoms with van der Waals surface area (Å²) in [7, 11) is 3.25. The lowest BCUT2D eigenvalue weighted by Gasteiger charge is -2.35. The summed E-state index contributed by atoms with van der Waals surface area (Å²) in [6, 6.07) is 3.90. The Morgan fingerprint density at radius 1 is 1.18 bits per heavy atom. The second-order valence-corrected chi connectivity index (χ2v) is 5.23. The standard InChI is InChI=1S/C14H20O3/c1-14(2)6-5-11(15)9-7-12(16-3)13(17-4)8-10(9)14/h7-8,11,15H,5-6H2,1-4H3. The third kappa shape index (κ3) is 2.00. The molecule has 1 N–H and O–H groups in total. The van der Waals surface area contributed by atoms with Gasteiger partial charge in [-0.15, -0.1) is 0 Å². The highest BCUT2D eigenvalue weighted by atomic mass is 16.5. The summed E-state index contributed by atoms with van der Waals surface area (Å²) in [6.45, 7) is 4.40. The number of aliphatic hydroxyl groups excluding tert-OH is 1. The zero-order valence-corrected chi connectivity index (χ0v) is 10.9. The van der Waals surface area contributed by atoms with Crippen LogP contribution < -0.4 is 9.47 Å². The molecular formula is C14H20O3. The largest absolute Gasteiger partial charge is 0.493 e. The summed E-state index contributed by atoms with van der Waals surface area (Å²) in [5.74, 6) is 1.41. The Labute approximate surface area is 102 Å².